The fraction of sp³-hybridized carbons (Fsp3) is 0.118. The average Bonchev–Trinajstić information content (AvgIpc) is 2.60. The number of hydrogen-bond acceptors (Lipinski definition) is 6. The number of nitrogens with zero attached hydrogens (tertiary/aromatic N) is 3. The summed E-state index contributed by atoms with van der Waals surface area (Å²) in [5.41, 5.74) is -0.847. The van der Waals surface area contributed by atoms with Crippen molar-refractivity contribution in [3.05, 3.63) is 65.7 Å². The van der Waals surface area contributed by atoms with Gasteiger partial charge in [-0.05, 0) is 35.9 Å². The summed E-state index contributed by atoms with van der Waals surface area (Å²) in [6.45, 7) is 0. The molecule has 7 nitrogen and oxygen atoms in total. The van der Waals surface area contributed by atoms with Gasteiger partial charge in [-0.3, -0.25) is 0 Å². The van der Waals surface area contributed by atoms with Crippen LogP contribution in [0.1, 0.15) is 11.1 Å². The molecule has 1 aromatic heterocycles. The summed E-state index contributed by atoms with van der Waals surface area (Å²) in [4.78, 5) is 11.5. The largest absolute Gasteiger partial charge is 0.417 e. The molecule has 0 aliphatic heterocycles. The third-order valence-electron chi connectivity index (χ3n) is 3.65. The Morgan fingerprint density at radius 1 is 1.07 bits per heavy atom. The Bertz CT molecular complexity index is 1150. The van der Waals surface area contributed by atoms with E-state index in [2.05, 4.69) is 20.3 Å². The monoisotopic (exact) mass is 427 g/mol. The Morgan fingerprint density at radius 3 is 2.52 bits per heavy atom. The summed E-state index contributed by atoms with van der Waals surface area (Å²) < 4.78 is 75.4. The van der Waals surface area contributed by atoms with E-state index in [-0.39, 0.29) is 11.8 Å². The van der Waals surface area contributed by atoms with Crippen molar-refractivity contribution in [3.8, 4) is 11.4 Å². The van der Waals surface area contributed by atoms with Crippen molar-refractivity contribution in [2.45, 2.75) is 11.9 Å². The molecule has 0 aliphatic carbocycles. The summed E-state index contributed by atoms with van der Waals surface area (Å²) >= 11 is 0. The molecule has 0 saturated heterocycles. The fourth-order valence-electron chi connectivity index (χ4n) is 2.53. The van der Waals surface area contributed by atoms with E-state index >= 15 is 0 Å². The lowest BCUT2D eigenvalue weighted by Gasteiger charge is -2.12. The van der Waals surface area contributed by atoms with Gasteiger partial charge in [-0.15, -0.1) is 0 Å². The molecule has 0 atom stereocenters. The summed E-state index contributed by atoms with van der Waals surface area (Å²) in [6.07, 6.45) is -3.80. The Hall–Kier alpha value is -3.12. The van der Waals surface area contributed by atoms with Crippen LogP contribution in [0.25, 0.3) is 11.4 Å². The maximum Gasteiger partial charge on any atom is 0.417 e. The predicted molar refractivity (Wildman–Crippen MR) is 96.8 cm³/mol. The van der Waals surface area contributed by atoms with Gasteiger partial charge in [0.25, 0.3) is 0 Å². The van der Waals surface area contributed by atoms with Crippen molar-refractivity contribution < 1.29 is 26.0 Å². The molecular weight excluding hydrogens is 414 g/mol. The van der Waals surface area contributed by atoms with E-state index in [0.717, 1.165) is 18.5 Å². The van der Waals surface area contributed by atoms with Gasteiger partial charge in [0.05, 0.1) is 11.3 Å². The van der Waals surface area contributed by atoms with Crippen molar-refractivity contribution in [1.29, 1.82) is 0 Å². The molecule has 0 aliphatic rings. The maximum atomic E-state index is 13.3. The number of sulfonamides is 1. The number of aromatic nitrogens is 3. The molecule has 0 amide bonds. The number of hydrogen-bond donors (Lipinski definition) is 2. The third kappa shape index (κ3) is 5.45. The highest BCUT2D eigenvalue weighted by molar-refractivity contribution is 7.88. The molecule has 0 radical (unpaired) electrons. The van der Waals surface area contributed by atoms with Crippen LogP contribution in [0.15, 0.2) is 48.8 Å². The molecular formula is C17H13F4N5O2S. The Kier molecular flexibility index (Phi) is 5.48. The number of alkyl halides is 3. The summed E-state index contributed by atoms with van der Waals surface area (Å²) in [5.74, 6) is -1.83. The number of halogens is 4. The lowest BCUT2D eigenvalue weighted by molar-refractivity contribution is -0.137. The zero-order valence-electron chi connectivity index (χ0n) is 14.5. The minimum absolute atomic E-state index is 0.0831. The molecule has 1 heterocycles. The number of anilines is 2. The van der Waals surface area contributed by atoms with E-state index in [9.17, 15) is 26.0 Å². The zero-order chi connectivity index (χ0) is 21.2. The number of rotatable bonds is 5. The van der Waals surface area contributed by atoms with Gasteiger partial charge < -0.3 is 5.32 Å². The lowest BCUT2D eigenvalue weighted by atomic mass is 10.1. The first-order chi connectivity index (χ1) is 13.5. The van der Waals surface area contributed by atoms with E-state index in [1.54, 1.807) is 18.2 Å². The van der Waals surface area contributed by atoms with Gasteiger partial charge in [-0.1, -0.05) is 12.1 Å². The van der Waals surface area contributed by atoms with E-state index in [4.69, 9.17) is 5.14 Å². The van der Waals surface area contributed by atoms with Gasteiger partial charge in [0.2, 0.25) is 16.0 Å². The first-order valence-corrected chi connectivity index (χ1v) is 9.65. The highest BCUT2D eigenvalue weighted by Crippen LogP contribution is 2.36. The number of benzene rings is 2. The zero-order valence-corrected chi connectivity index (χ0v) is 15.3. The minimum Gasteiger partial charge on any atom is -0.324 e. The first kappa shape index (κ1) is 20.6. The quantitative estimate of drug-likeness (QED) is 0.605. The molecule has 0 fully saturated rings. The second kappa shape index (κ2) is 7.72. The van der Waals surface area contributed by atoms with Crippen LogP contribution in [0.5, 0.6) is 0 Å². The van der Waals surface area contributed by atoms with Crippen molar-refractivity contribution in [2.24, 2.45) is 5.14 Å². The van der Waals surface area contributed by atoms with Gasteiger partial charge >= 0.3 is 6.18 Å². The maximum absolute atomic E-state index is 13.3. The van der Waals surface area contributed by atoms with Crippen molar-refractivity contribution in [3.63, 3.8) is 0 Å². The van der Waals surface area contributed by atoms with Crippen molar-refractivity contribution in [1.82, 2.24) is 15.0 Å². The Morgan fingerprint density at radius 2 is 1.83 bits per heavy atom. The Labute approximate surface area is 162 Å². The number of nitrogens with one attached hydrogen (secondary N) is 1. The smallest absolute Gasteiger partial charge is 0.324 e. The number of nitrogens with two attached hydrogens (primary N) is 1. The van der Waals surface area contributed by atoms with Crippen LogP contribution in [0.4, 0.5) is 29.2 Å². The standard InChI is InChI=1S/C17H13F4N5O2S/c18-11-4-5-13(14(7-11)17(19,20)21)15-23-9-24-16(26-15)25-12-3-1-2-10(6-12)8-29(22,27)28/h1-7,9H,8H2,(H2,22,27,28)(H,23,24,25,26). The molecule has 12 heteroatoms. The molecule has 3 rings (SSSR count). The second-order valence-electron chi connectivity index (χ2n) is 5.95. The van der Waals surface area contributed by atoms with Crippen LogP contribution >= 0.6 is 0 Å². The fourth-order valence-corrected chi connectivity index (χ4v) is 3.18. The topological polar surface area (TPSA) is 111 Å². The molecule has 0 saturated carbocycles. The molecule has 3 aromatic rings. The molecule has 3 N–H and O–H groups in total. The van der Waals surface area contributed by atoms with Gasteiger partial charge in [0.1, 0.15) is 12.1 Å². The highest BCUT2D eigenvalue weighted by atomic mass is 32.2. The van der Waals surface area contributed by atoms with Crippen LogP contribution in [-0.2, 0) is 22.0 Å². The third-order valence-corrected chi connectivity index (χ3v) is 4.39. The molecule has 2 aromatic carbocycles. The van der Waals surface area contributed by atoms with Crippen molar-refractivity contribution in [2.75, 3.05) is 5.32 Å². The van der Waals surface area contributed by atoms with Crippen molar-refractivity contribution >= 4 is 21.7 Å². The van der Waals surface area contributed by atoms with Crippen LogP contribution in [0.2, 0.25) is 0 Å². The normalized spacial score (nSPS) is 12.0. The molecule has 152 valence electrons. The van der Waals surface area contributed by atoms with Gasteiger partial charge in [-0.25, -0.2) is 27.9 Å². The molecule has 29 heavy (non-hydrogen) atoms. The van der Waals surface area contributed by atoms with Gasteiger partial charge in [0.15, 0.2) is 5.82 Å². The second-order valence-corrected chi connectivity index (χ2v) is 7.57. The first-order valence-electron chi connectivity index (χ1n) is 7.94. The molecule has 0 spiro atoms. The molecule has 0 bridgehead atoms. The van der Waals surface area contributed by atoms with Crippen LogP contribution in [0.3, 0.4) is 0 Å². The summed E-state index contributed by atoms with van der Waals surface area (Å²) in [6, 6.07) is 8.34. The molecule has 0 unspecified atom stereocenters. The predicted octanol–water partition coefficient (Wildman–Crippen LogP) is 3.23. The SMILES string of the molecule is NS(=O)(=O)Cc1cccc(Nc2ncnc(-c3ccc(F)cc3C(F)(F)F)n2)c1. The summed E-state index contributed by atoms with van der Waals surface area (Å²) in [7, 11) is -3.74. The Balaban J connectivity index is 1.93. The average molecular weight is 427 g/mol. The number of primary sulfonamides is 1. The highest BCUT2D eigenvalue weighted by Gasteiger charge is 2.35. The van der Waals surface area contributed by atoms with E-state index < -0.39 is 38.9 Å². The van der Waals surface area contributed by atoms with E-state index in [0.29, 0.717) is 17.3 Å². The van der Waals surface area contributed by atoms with Gasteiger partial charge in [0, 0.05) is 11.3 Å². The van der Waals surface area contributed by atoms with Crippen LogP contribution in [0, 0.1) is 5.82 Å². The van der Waals surface area contributed by atoms with Gasteiger partial charge in [-0.2, -0.15) is 18.2 Å². The van der Waals surface area contributed by atoms with E-state index in [1.807, 2.05) is 0 Å². The lowest BCUT2D eigenvalue weighted by Crippen LogP contribution is -2.14. The van der Waals surface area contributed by atoms with Crippen LogP contribution < -0.4 is 10.5 Å². The van der Waals surface area contributed by atoms with Crippen LogP contribution in [-0.4, -0.2) is 23.4 Å². The minimum atomic E-state index is -4.81. The van der Waals surface area contributed by atoms with E-state index in [1.165, 1.54) is 6.07 Å². The summed E-state index contributed by atoms with van der Waals surface area (Å²) in [5, 5.41) is 7.77.